The summed E-state index contributed by atoms with van der Waals surface area (Å²) in [4.78, 5) is 10.9. The second-order valence-corrected chi connectivity index (χ2v) is 5.92. The van der Waals surface area contributed by atoms with Gasteiger partial charge < -0.3 is 10.8 Å². The predicted molar refractivity (Wildman–Crippen MR) is 60.6 cm³/mol. The van der Waals surface area contributed by atoms with E-state index < -0.39 is 5.97 Å². The number of carboxylic acids is 1. The predicted octanol–water partition coefficient (Wildman–Crippen LogP) is 2.39. The van der Waals surface area contributed by atoms with E-state index in [0.29, 0.717) is 0 Å². The van der Waals surface area contributed by atoms with Crippen molar-refractivity contribution < 1.29 is 9.90 Å². The summed E-state index contributed by atoms with van der Waals surface area (Å²) in [5.74, 6) is -0.718. The summed E-state index contributed by atoms with van der Waals surface area (Å²) < 4.78 is 0. The molecule has 1 rings (SSSR count). The van der Waals surface area contributed by atoms with Crippen LogP contribution in [0.5, 0.6) is 0 Å². The summed E-state index contributed by atoms with van der Waals surface area (Å²) in [5.41, 5.74) is 6.06. The van der Waals surface area contributed by atoms with Crippen LogP contribution in [0, 0.1) is 10.8 Å². The lowest BCUT2D eigenvalue weighted by molar-refractivity contribution is -0.141. The van der Waals surface area contributed by atoms with E-state index in [-0.39, 0.29) is 23.3 Å². The maximum atomic E-state index is 10.9. The van der Waals surface area contributed by atoms with E-state index in [9.17, 15) is 4.79 Å². The molecule has 0 aromatic carbocycles. The molecule has 0 aromatic rings. The van der Waals surface area contributed by atoms with Crippen molar-refractivity contribution in [3.05, 3.63) is 0 Å². The Balaban J connectivity index is 2.85. The van der Waals surface area contributed by atoms with E-state index in [1.54, 1.807) is 0 Å². The molecule has 2 atom stereocenters. The van der Waals surface area contributed by atoms with Crippen LogP contribution >= 0.6 is 0 Å². The van der Waals surface area contributed by atoms with Crippen LogP contribution in [0.1, 0.15) is 52.9 Å². The third-order valence-electron chi connectivity index (χ3n) is 3.83. The fourth-order valence-electron chi connectivity index (χ4n) is 3.05. The molecule has 0 bridgehead atoms. The summed E-state index contributed by atoms with van der Waals surface area (Å²) >= 11 is 0. The van der Waals surface area contributed by atoms with E-state index in [0.717, 1.165) is 19.3 Å². The number of hydrogen-bond acceptors (Lipinski definition) is 2. The molecule has 88 valence electrons. The Morgan fingerprint density at radius 2 is 2.07 bits per heavy atom. The highest BCUT2D eigenvalue weighted by Crippen LogP contribution is 2.49. The molecule has 0 spiro atoms. The molecule has 3 N–H and O–H groups in total. The third kappa shape index (κ3) is 2.94. The number of aliphatic carboxylic acids is 1. The quantitative estimate of drug-likeness (QED) is 0.756. The summed E-state index contributed by atoms with van der Waals surface area (Å²) in [6, 6.07) is -0.0341. The molecule has 2 unspecified atom stereocenters. The van der Waals surface area contributed by atoms with Gasteiger partial charge in [0.1, 0.15) is 0 Å². The average Bonchev–Trinajstić information content (AvgIpc) is 1.99. The second kappa shape index (κ2) is 4.12. The van der Waals surface area contributed by atoms with E-state index in [4.69, 9.17) is 10.8 Å². The Kier molecular flexibility index (Phi) is 3.44. The molecule has 1 aliphatic carbocycles. The topological polar surface area (TPSA) is 63.3 Å². The molecule has 0 aromatic heterocycles. The van der Waals surface area contributed by atoms with Gasteiger partial charge in [-0.1, -0.05) is 20.3 Å². The molecule has 15 heavy (non-hydrogen) atoms. The Hall–Kier alpha value is -0.570. The first kappa shape index (κ1) is 12.5. The molecule has 0 radical (unpaired) electrons. The maximum absolute atomic E-state index is 10.9. The molecule has 0 amide bonds. The van der Waals surface area contributed by atoms with Crippen molar-refractivity contribution in [2.45, 2.75) is 58.9 Å². The van der Waals surface area contributed by atoms with Crippen LogP contribution in [0.15, 0.2) is 0 Å². The van der Waals surface area contributed by atoms with Crippen molar-refractivity contribution in [3.63, 3.8) is 0 Å². The van der Waals surface area contributed by atoms with Crippen LogP contribution in [0.4, 0.5) is 0 Å². The zero-order chi connectivity index (χ0) is 11.7. The lowest BCUT2D eigenvalue weighted by Gasteiger charge is -2.46. The molecule has 0 saturated heterocycles. The highest BCUT2D eigenvalue weighted by Gasteiger charge is 2.43. The monoisotopic (exact) mass is 213 g/mol. The van der Waals surface area contributed by atoms with E-state index >= 15 is 0 Å². The minimum absolute atomic E-state index is 0.0341. The Morgan fingerprint density at radius 1 is 1.47 bits per heavy atom. The Morgan fingerprint density at radius 3 is 2.47 bits per heavy atom. The van der Waals surface area contributed by atoms with Gasteiger partial charge in [0.05, 0.1) is 6.42 Å². The van der Waals surface area contributed by atoms with Gasteiger partial charge in [-0.2, -0.15) is 0 Å². The summed E-state index contributed by atoms with van der Waals surface area (Å²) in [6.07, 6.45) is 4.39. The van der Waals surface area contributed by atoms with Crippen LogP contribution in [0.3, 0.4) is 0 Å². The molecule has 1 aliphatic rings. The van der Waals surface area contributed by atoms with Crippen LogP contribution in [0.25, 0.3) is 0 Å². The van der Waals surface area contributed by atoms with Gasteiger partial charge in [0, 0.05) is 6.04 Å². The summed E-state index contributed by atoms with van der Waals surface area (Å²) in [5, 5.41) is 8.99. The molecule has 0 aliphatic heterocycles. The largest absolute Gasteiger partial charge is 0.481 e. The van der Waals surface area contributed by atoms with Gasteiger partial charge >= 0.3 is 5.97 Å². The molecule has 0 heterocycles. The van der Waals surface area contributed by atoms with Crippen LogP contribution < -0.4 is 5.73 Å². The van der Waals surface area contributed by atoms with Crippen LogP contribution in [0.2, 0.25) is 0 Å². The van der Waals surface area contributed by atoms with E-state index in [1.807, 2.05) is 6.92 Å². The molecule has 1 fully saturated rings. The number of carbonyl (C=O) groups is 1. The lowest BCUT2D eigenvalue weighted by atomic mass is 9.59. The first-order chi connectivity index (χ1) is 6.77. The van der Waals surface area contributed by atoms with Gasteiger partial charge in [-0.05, 0) is 37.0 Å². The summed E-state index contributed by atoms with van der Waals surface area (Å²) in [6.45, 7) is 6.38. The molecule has 3 nitrogen and oxygen atoms in total. The van der Waals surface area contributed by atoms with Crippen LogP contribution in [-0.4, -0.2) is 17.1 Å². The molecular weight excluding hydrogens is 190 g/mol. The van der Waals surface area contributed by atoms with Gasteiger partial charge in [0.2, 0.25) is 0 Å². The average molecular weight is 213 g/mol. The van der Waals surface area contributed by atoms with Gasteiger partial charge in [0.25, 0.3) is 0 Å². The van der Waals surface area contributed by atoms with Crippen molar-refractivity contribution in [2.75, 3.05) is 0 Å². The number of hydrogen-bond donors (Lipinski definition) is 2. The number of rotatable bonds is 3. The SMILES string of the molecule is CC(N)C1(CC(=O)O)CCCC(C)(C)C1. The maximum Gasteiger partial charge on any atom is 0.303 e. The summed E-state index contributed by atoms with van der Waals surface area (Å²) in [7, 11) is 0. The lowest BCUT2D eigenvalue weighted by Crippen LogP contribution is -2.46. The highest BCUT2D eigenvalue weighted by atomic mass is 16.4. The molecule has 1 saturated carbocycles. The van der Waals surface area contributed by atoms with Crippen LogP contribution in [-0.2, 0) is 4.79 Å². The van der Waals surface area contributed by atoms with E-state index in [1.165, 1.54) is 6.42 Å². The van der Waals surface area contributed by atoms with Gasteiger partial charge in [-0.15, -0.1) is 0 Å². The fraction of sp³-hybridized carbons (Fsp3) is 0.917. The van der Waals surface area contributed by atoms with Gasteiger partial charge in [0.15, 0.2) is 0 Å². The zero-order valence-electron chi connectivity index (χ0n) is 10.0. The van der Waals surface area contributed by atoms with Crippen molar-refractivity contribution in [2.24, 2.45) is 16.6 Å². The minimum atomic E-state index is -0.718. The number of carboxylic acid groups (broad SMARTS) is 1. The zero-order valence-corrected chi connectivity index (χ0v) is 10.0. The fourth-order valence-corrected chi connectivity index (χ4v) is 3.05. The first-order valence-corrected chi connectivity index (χ1v) is 5.75. The normalized spacial score (nSPS) is 32.3. The number of nitrogens with two attached hydrogens (primary N) is 1. The van der Waals surface area contributed by atoms with Crippen molar-refractivity contribution in [3.8, 4) is 0 Å². The Labute approximate surface area is 92.0 Å². The second-order valence-electron chi connectivity index (χ2n) is 5.92. The van der Waals surface area contributed by atoms with Gasteiger partial charge in [-0.3, -0.25) is 4.79 Å². The third-order valence-corrected chi connectivity index (χ3v) is 3.83. The van der Waals surface area contributed by atoms with Crippen molar-refractivity contribution in [1.29, 1.82) is 0 Å². The van der Waals surface area contributed by atoms with Crippen molar-refractivity contribution >= 4 is 5.97 Å². The highest BCUT2D eigenvalue weighted by molar-refractivity contribution is 5.67. The van der Waals surface area contributed by atoms with Gasteiger partial charge in [-0.25, -0.2) is 0 Å². The molecular formula is C12H23NO2. The Bertz CT molecular complexity index is 248. The minimum Gasteiger partial charge on any atom is -0.481 e. The smallest absolute Gasteiger partial charge is 0.303 e. The van der Waals surface area contributed by atoms with E-state index in [2.05, 4.69) is 13.8 Å². The standard InChI is InChI=1S/C12H23NO2/c1-9(13)12(7-10(14)15)6-4-5-11(2,3)8-12/h9H,4-8,13H2,1-3H3,(H,14,15). The first-order valence-electron chi connectivity index (χ1n) is 5.75. The molecule has 3 heteroatoms. The van der Waals surface area contributed by atoms with Crippen molar-refractivity contribution in [1.82, 2.24) is 0 Å².